The van der Waals surface area contributed by atoms with E-state index in [1.807, 2.05) is 0 Å². The van der Waals surface area contributed by atoms with Gasteiger partial charge < -0.3 is 19.1 Å². The van der Waals surface area contributed by atoms with Crippen molar-refractivity contribution < 1.29 is 28.6 Å². The van der Waals surface area contributed by atoms with Gasteiger partial charge in [0.25, 0.3) is 0 Å². The molecule has 0 unspecified atom stereocenters. The van der Waals surface area contributed by atoms with E-state index >= 15 is 0 Å². The molecule has 146 valence electrons. The number of hydrogen-bond acceptors (Lipinski definition) is 6. The van der Waals surface area contributed by atoms with Crippen molar-refractivity contribution in [2.75, 3.05) is 34.4 Å². The maximum Gasteiger partial charge on any atom is 0.230 e. The zero-order valence-corrected chi connectivity index (χ0v) is 15.8. The van der Waals surface area contributed by atoms with Crippen molar-refractivity contribution >= 4 is 17.7 Å². The molecule has 8 nitrogen and oxygen atoms in total. The first-order chi connectivity index (χ1) is 13.0. The second kappa shape index (κ2) is 7.85. The summed E-state index contributed by atoms with van der Waals surface area (Å²) < 4.78 is 16.0. The fourth-order valence-corrected chi connectivity index (χ4v) is 3.54. The number of benzene rings is 1. The van der Waals surface area contributed by atoms with Gasteiger partial charge in [-0.2, -0.15) is 0 Å². The second-order valence-corrected chi connectivity index (χ2v) is 6.62. The van der Waals surface area contributed by atoms with Crippen LogP contribution in [0.1, 0.15) is 24.8 Å². The monoisotopic (exact) mass is 376 g/mol. The molecule has 0 N–H and O–H groups in total. The van der Waals surface area contributed by atoms with Gasteiger partial charge in [0, 0.05) is 50.0 Å². The topological polar surface area (TPSA) is 85.4 Å². The summed E-state index contributed by atoms with van der Waals surface area (Å²) in [5, 5.41) is 0. The average molecular weight is 376 g/mol. The summed E-state index contributed by atoms with van der Waals surface area (Å²) in [6.45, 7) is 0.820. The van der Waals surface area contributed by atoms with Crippen LogP contribution in [0.2, 0.25) is 0 Å². The number of ether oxygens (including phenoxy) is 3. The Labute approximate surface area is 158 Å². The number of methoxy groups -OCH3 is 3. The Balaban J connectivity index is 1.59. The zero-order chi connectivity index (χ0) is 19.6. The number of hydrogen-bond donors (Lipinski definition) is 0. The van der Waals surface area contributed by atoms with Crippen LogP contribution in [-0.4, -0.2) is 68.0 Å². The summed E-state index contributed by atoms with van der Waals surface area (Å²) in [6.07, 6.45) is 1.30. The highest BCUT2D eigenvalue weighted by atomic mass is 16.5. The highest BCUT2D eigenvalue weighted by molar-refractivity contribution is 6.02. The third-order valence-electron chi connectivity index (χ3n) is 5.08. The minimum atomic E-state index is -0.179. The van der Waals surface area contributed by atoms with Gasteiger partial charge in [0.05, 0.1) is 27.4 Å². The molecule has 0 aliphatic carbocycles. The van der Waals surface area contributed by atoms with Crippen LogP contribution in [0.3, 0.4) is 0 Å². The lowest BCUT2D eigenvalue weighted by Crippen LogP contribution is -2.62. The first-order valence-corrected chi connectivity index (χ1v) is 8.90. The normalized spacial score (nSPS) is 17.1. The van der Waals surface area contributed by atoms with Crippen LogP contribution in [0.25, 0.3) is 0 Å². The van der Waals surface area contributed by atoms with Crippen molar-refractivity contribution in [3.63, 3.8) is 0 Å². The van der Waals surface area contributed by atoms with Crippen molar-refractivity contribution in [1.29, 1.82) is 0 Å². The van der Waals surface area contributed by atoms with E-state index in [9.17, 15) is 14.4 Å². The Kier molecular flexibility index (Phi) is 5.53. The molecule has 1 aromatic rings. The Hall–Kier alpha value is -2.77. The molecule has 0 spiro atoms. The first kappa shape index (κ1) is 19.0. The molecular formula is C19H24N2O6. The van der Waals surface area contributed by atoms with Crippen LogP contribution in [0, 0.1) is 0 Å². The smallest absolute Gasteiger partial charge is 0.230 e. The molecule has 27 heavy (non-hydrogen) atoms. The van der Waals surface area contributed by atoms with E-state index < -0.39 is 0 Å². The maximum atomic E-state index is 12.5. The molecule has 2 aliphatic rings. The minimum absolute atomic E-state index is 0.0229. The van der Waals surface area contributed by atoms with Crippen molar-refractivity contribution in [2.24, 2.45) is 0 Å². The van der Waals surface area contributed by atoms with Gasteiger partial charge in [0.2, 0.25) is 17.7 Å². The third-order valence-corrected chi connectivity index (χ3v) is 5.08. The second-order valence-electron chi connectivity index (χ2n) is 6.62. The molecule has 3 rings (SSSR count). The molecule has 0 aromatic heterocycles. The standard InChI is InChI=1S/C19H24N2O6/c1-25-13-8-15(26-2)14(16(9-13)27-3)4-5-17(22)20-10-12(11-20)21-18(23)6-7-19(21)24/h8-9,12H,4-7,10-11H2,1-3H3. The van der Waals surface area contributed by atoms with E-state index in [0.29, 0.717) is 36.8 Å². The predicted molar refractivity (Wildman–Crippen MR) is 95.9 cm³/mol. The number of carbonyl (C=O) groups is 3. The van der Waals surface area contributed by atoms with E-state index in [-0.39, 0.29) is 43.0 Å². The molecular weight excluding hydrogens is 352 g/mol. The van der Waals surface area contributed by atoms with Crippen LogP contribution in [0.15, 0.2) is 12.1 Å². The SMILES string of the molecule is COc1cc(OC)c(CCC(=O)N2CC(N3C(=O)CCC3=O)C2)c(OC)c1. The summed E-state index contributed by atoms with van der Waals surface area (Å²) in [5.74, 6) is 1.53. The average Bonchev–Trinajstić information content (AvgIpc) is 2.96. The highest BCUT2D eigenvalue weighted by Crippen LogP contribution is 2.35. The molecule has 0 radical (unpaired) electrons. The number of likely N-dealkylation sites (tertiary alicyclic amines) is 2. The van der Waals surface area contributed by atoms with Gasteiger partial charge in [0.15, 0.2) is 0 Å². The van der Waals surface area contributed by atoms with Crippen LogP contribution >= 0.6 is 0 Å². The molecule has 2 fully saturated rings. The van der Waals surface area contributed by atoms with Crippen molar-refractivity contribution in [1.82, 2.24) is 9.80 Å². The summed E-state index contributed by atoms with van der Waals surface area (Å²) in [7, 11) is 4.68. The van der Waals surface area contributed by atoms with Crippen LogP contribution in [0.4, 0.5) is 0 Å². The maximum absolute atomic E-state index is 12.5. The zero-order valence-electron chi connectivity index (χ0n) is 15.8. The van der Waals surface area contributed by atoms with Gasteiger partial charge >= 0.3 is 0 Å². The Morgan fingerprint density at radius 2 is 1.56 bits per heavy atom. The number of carbonyl (C=O) groups excluding carboxylic acids is 3. The van der Waals surface area contributed by atoms with E-state index in [1.54, 1.807) is 38.4 Å². The fourth-order valence-electron chi connectivity index (χ4n) is 3.54. The Bertz CT molecular complexity index is 716. The largest absolute Gasteiger partial charge is 0.496 e. The molecule has 8 heteroatoms. The summed E-state index contributed by atoms with van der Waals surface area (Å²) in [6, 6.07) is 3.33. The molecule has 2 aliphatic heterocycles. The number of imide groups is 1. The molecule has 1 aromatic carbocycles. The van der Waals surface area contributed by atoms with Crippen molar-refractivity contribution in [2.45, 2.75) is 31.7 Å². The van der Waals surface area contributed by atoms with Gasteiger partial charge in [0.1, 0.15) is 17.2 Å². The van der Waals surface area contributed by atoms with Crippen LogP contribution in [-0.2, 0) is 20.8 Å². The molecule has 0 bridgehead atoms. The number of nitrogens with zero attached hydrogens (tertiary/aromatic N) is 2. The Morgan fingerprint density at radius 3 is 2.04 bits per heavy atom. The van der Waals surface area contributed by atoms with E-state index in [0.717, 1.165) is 5.56 Å². The van der Waals surface area contributed by atoms with Gasteiger partial charge in [-0.25, -0.2) is 0 Å². The summed E-state index contributed by atoms with van der Waals surface area (Å²) in [5.41, 5.74) is 0.802. The predicted octanol–water partition coefficient (Wildman–Crippen LogP) is 1.00. The molecule has 2 saturated heterocycles. The Morgan fingerprint density at radius 1 is 1.00 bits per heavy atom. The van der Waals surface area contributed by atoms with Gasteiger partial charge in [-0.3, -0.25) is 19.3 Å². The number of rotatable bonds is 7. The first-order valence-electron chi connectivity index (χ1n) is 8.90. The molecule has 0 atom stereocenters. The lowest BCUT2D eigenvalue weighted by atomic mass is 10.0. The molecule has 3 amide bonds. The van der Waals surface area contributed by atoms with Crippen LogP contribution < -0.4 is 14.2 Å². The quantitative estimate of drug-likeness (QED) is 0.660. The van der Waals surface area contributed by atoms with E-state index in [2.05, 4.69) is 0 Å². The highest BCUT2D eigenvalue weighted by Gasteiger charge is 2.42. The van der Waals surface area contributed by atoms with Crippen molar-refractivity contribution in [3.8, 4) is 17.2 Å². The number of amides is 3. The summed E-state index contributed by atoms with van der Waals surface area (Å²) in [4.78, 5) is 39.0. The van der Waals surface area contributed by atoms with Gasteiger partial charge in [-0.1, -0.05) is 0 Å². The van der Waals surface area contributed by atoms with Crippen LogP contribution in [0.5, 0.6) is 17.2 Å². The van der Waals surface area contributed by atoms with E-state index in [4.69, 9.17) is 14.2 Å². The van der Waals surface area contributed by atoms with Gasteiger partial charge in [-0.05, 0) is 6.42 Å². The van der Waals surface area contributed by atoms with Gasteiger partial charge in [-0.15, -0.1) is 0 Å². The minimum Gasteiger partial charge on any atom is -0.496 e. The molecule has 0 saturated carbocycles. The third kappa shape index (κ3) is 3.70. The van der Waals surface area contributed by atoms with E-state index in [1.165, 1.54) is 4.90 Å². The molecule has 2 heterocycles. The lowest BCUT2D eigenvalue weighted by Gasteiger charge is -2.43. The van der Waals surface area contributed by atoms with Crippen molar-refractivity contribution in [3.05, 3.63) is 17.7 Å². The lowest BCUT2D eigenvalue weighted by molar-refractivity contribution is -0.151. The summed E-state index contributed by atoms with van der Waals surface area (Å²) >= 11 is 0. The fraction of sp³-hybridized carbons (Fsp3) is 0.526.